The second-order valence-electron chi connectivity index (χ2n) is 6.36. The summed E-state index contributed by atoms with van der Waals surface area (Å²) in [4.78, 5) is 20.9. The number of nitrogens with zero attached hydrogens (tertiary/aromatic N) is 5. The maximum atomic E-state index is 14.1. The molecular weight excluding hydrogens is 337 g/mol. The van der Waals surface area contributed by atoms with E-state index in [1.54, 1.807) is 30.0 Å². The molecule has 0 aliphatic carbocycles. The molecule has 1 atom stereocenters. The van der Waals surface area contributed by atoms with Crippen LogP contribution in [0.3, 0.4) is 0 Å². The summed E-state index contributed by atoms with van der Waals surface area (Å²) in [6.45, 7) is 6.36. The van der Waals surface area contributed by atoms with Crippen LogP contribution in [-0.4, -0.2) is 69.9 Å². The van der Waals surface area contributed by atoms with Gasteiger partial charge in [0.25, 0.3) is 0 Å². The second kappa shape index (κ2) is 8.86. The lowest BCUT2D eigenvalue weighted by molar-refractivity contribution is -0.135. The number of benzene rings is 1. The molecule has 0 spiro atoms. The van der Waals surface area contributed by atoms with E-state index in [2.05, 4.69) is 15.0 Å². The number of morpholine rings is 1. The lowest BCUT2D eigenvalue weighted by Gasteiger charge is -2.31. The summed E-state index contributed by atoms with van der Waals surface area (Å²) in [7, 11) is 0. The summed E-state index contributed by atoms with van der Waals surface area (Å²) < 4.78 is 21.0. The highest BCUT2D eigenvalue weighted by Gasteiger charge is 2.24. The van der Waals surface area contributed by atoms with E-state index in [1.165, 1.54) is 23.4 Å². The molecule has 7 nitrogen and oxygen atoms in total. The lowest BCUT2D eigenvalue weighted by Crippen LogP contribution is -2.44. The van der Waals surface area contributed by atoms with E-state index in [0.29, 0.717) is 25.3 Å². The van der Waals surface area contributed by atoms with Crippen LogP contribution < -0.4 is 0 Å². The maximum Gasteiger partial charge on any atom is 0.247 e. The van der Waals surface area contributed by atoms with Crippen molar-refractivity contribution < 1.29 is 13.9 Å². The highest BCUT2D eigenvalue weighted by Crippen LogP contribution is 2.15. The molecule has 1 aromatic heterocycles. The van der Waals surface area contributed by atoms with Crippen molar-refractivity contribution in [2.24, 2.45) is 0 Å². The van der Waals surface area contributed by atoms with Crippen LogP contribution in [0.2, 0.25) is 0 Å². The van der Waals surface area contributed by atoms with Crippen LogP contribution in [-0.2, 0) is 16.1 Å². The van der Waals surface area contributed by atoms with Crippen molar-refractivity contribution in [2.45, 2.75) is 19.5 Å². The molecule has 1 saturated heterocycles. The van der Waals surface area contributed by atoms with Gasteiger partial charge in [-0.2, -0.15) is 5.10 Å². The number of halogens is 1. The Morgan fingerprint density at radius 2 is 2.12 bits per heavy atom. The van der Waals surface area contributed by atoms with Gasteiger partial charge in [-0.3, -0.25) is 9.69 Å². The number of amides is 1. The molecule has 1 aliphatic rings. The zero-order valence-corrected chi connectivity index (χ0v) is 14.9. The van der Waals surface area contributed by atoms with Crippen LogP contribution in [0.4, 0.5) is 4.39 Å². The van der Waals surface area contributed by atoms with E-state index in [4.69, 9.17) is 4.74 Å². The Hall–Kier alpha value is -2.32. The van der Waals surface area contributed by atoms with Crippen molar-refractivity contribution in [1.29, 1.82) is 0 Å². The normalized spacial score (nSPS) is 16.4. The third-order valence-corrected chi connectivity index (χ3v) is 4.61. The summed E-state index contributed by atoms with van der Waals surface area (Å²) in [5.41, 5.74) is 0.508. The molecule has 1 aliphatic heterocycles. The van der Waals surface area contributed by atoms with Crippen molar-refractivity contribution in [3.8, 4) is 0 Å². The zero-order chi connectivity index (χ0) is 18.4. The first kappa shape index (κ1) is 18.5. The van der Waals surface area contributed by atoms with E-state index in [-0.39, 0.29) is 18.3 Å². The van der Waals surface area contributed by atoms with Crippen molar-refractivity contribution in [2.75, 3.05) is 39.4 Å². The van der Waals surface area contributed by atoms with Gasteiger partial charge in [0, 0.05) is 38.3 Å². The summed E-state index contributed by atoms with van der Waals surface area (Å²) in [5.74, 6) is -0.405. The van der Waals surface area contributed by atoms with E-state index < -0.39 is 6.04 Å². The van der Waals surface area contributed by atoms with Gasteiger partial charge in [-0.15, -0.1) is 0 Å². The molecule has 1 fully saturated rings. The van der Waals surface area contributed by atoms with Crippen LogP contribution in [0.25, 0.3) is 0 Å². The maximum absolute atomic E-state index is 14.1. The predicted molar refractivity (Wildman–Crippen MR) is 93.8 cm³/mol. The van der Waals surface area contributed by atoms with E-state index in [9.17, 15) is 9.18 Å². The van der Waals surface area contributed by atoms with Crippen LogP contribution in [0, 0.1) is 5.82 Å². The average molecular weight is 361 g/mol. The van der Waals surface area contributed by atoms with Crippen LogP contribution >= 0.6 is 0 Å². The minimum absolute atomic E-state index is 0.105. The fraction of sp³-hybridized carbons (Fsp3) is 0.500. The van der Waals surface area contributed by atoms with Crippen LogP contribution in [0.1, 0.15) is 18.5 Å². The minimum atomic E-state index is -0.492. The zero-order valence-electron chi connectivity index (χ0n) is 14.9. The summed E-state index contributed by atoms with van der Waals surface area (Å²) in [5, 5.41) is 4.05. The molecule has 3 rings (SSSR count). The average Bonchev–Trinajstić information content (AvgIpc) is 3.21. The van der Waals surface area contributed by atoms with Crippen molar-refractivity contribution in [1.82, 2.24) is 24.6 Å². The number of rotatable bonds is 7. The molecule has 0 bridgehead atoms. The van der Waals surface area contributed by atoms with Gasteiger partial charge in [0.15, 0.2) is 0 Å². The molecule has 0 N–H and O–H groups in total. The Balaban J connectivity index is 1.71. The largest absolute Gasteiger partial charge is 0.379 e. The van der Waals surface area contributed by atoms with Crippen molar-refractivity contribution in [3.05, 3.63) is 48.3 Å². The van der Waals surface area contributed by atoms with Gasteiger partial charge in [0.1, 0.15) is 24.5 Å². The SMILES string of the molecule is CC(C(=O)N(CCN1CCOCC1)Cc1ccccc1F)n1cncn1. The van der Waals surface area contributed by atoms with E-state index in [0.717, 1.165) is 19.6 Å². The quantitative estimate of drug-likeness (QED) is 0.745. The van der Waals surface area contributed by atoms with Crippen LogP contribution in [0.15, 0.2) is 36.9 Å². The fourth-order valence-corrected chi connectivity index (χ4v) is 2.98. The third-order valence-electron chi connectivity index (χ3n) is 4.61. The molecular formula is C18H24FN5O2. The Morgan fingerprint density at radius 3 is 2.81 bits per heavy atom. The number of carbonyl (C=O) groups is 1. The van der Waals surface area contributed by atoms with E-state index >= 15 is 0 Å². The first-order valence-electron chi connectivity index (χ1n) is 8.81. The van der Waals surface area contributed by atoms with Gasteiger partial charge >= 0.3 is 0 Å². The number of hydrogen-bond acceptors (Lipinski definition) is 5. The van der Waals surface area contributed by atoms with E-state index in [1.807, 2.05) is 0 Å². The smallest absolute Gasteiger partial charge is 0.247 e. The predicted octanol–water partition coefficient (Wildman–Crippen LogP) is 1.34. The number of hydrogen-bond donors (Lipinski definition) is 0. The summed E-state index contributed by atoms with van der Waals surface area (Å²) >= 11 is 0. The third kappa shape index (κ3) is 4.64. The topological polar surface area (TPSA) is 63.5 Å². The second-order valence-corrected chi connectivity index (χ2v) is 6.36. The Morgan fingerprint density at radius 1 is 1.35 bits per heavy atom. The summed E-state index contributed by atoms with van der Waals surface area (Å²) in [6, 6.07) is 6.07. The van der Waals surface area contributed by atoms with Crippen molar-refractivity contribution in [3.63, 3.8) is 0 Å². The molecule has 1 aromatic carbocycles. The minimum Gasteiger partial charge on any atom is -0.379 e. The van der Waals surface area contributed by atoms with Crippen molar-refractivity contribution >= 4 is 5.91 Å². The molecule has 8 heteroatoms. The van der Waals surface area contributed by atoms with Crippen LogP contribution in [0.5, 0.6) is 0 Å². The van der Waals surface area contributed by atoms with Gasteiger partial charge in [-0.1, -0.05) is 18.2 Å². The number of aromatic nitrogens is 3. The first-order valence-corrected chi connectivity index (χ1v) is 8.81. The van der Waals surface area contributed by atoms with Gasteiger partial charge < -0.3 is 9.64 Å². The number of carbonyl (C=O) groups excluding carboxylic acids is 1. The molecule has 1 amide bonds. The fourth-order valence-electron chi connectivity index (χ4n) is 2.98. The molecule has 26 heavy (non-hydrogen) atoms. The molecule has 2 heterocycles. The molecule has 2 aromatic rings. The number of ether oxygens (including phenoxy) is 1. The first-order chi connectivity index (χ1) is 12.6. The molecule has 0 radical (unpaired) electrons. The highest BCUT2D eigenvalue weighted by atomic mass is 19.1. The molecule has 0 saturated carbocycles. The monoisotopic (exact) mass is 361 g/mol. The Bertz CT molecular complexity index is 703. The van der Waals surface area contributed by atoms with Gasteiger partial charge in [0.2, 0.25) is 5.91 Å². The standard InChI is InChI=1S/C18H24FN5O2/c1-15(24-14-20-13-21-24)18(25)23(7-6-22-8-10-26-11-9-22)12-16-4-2-3-5-17(16)19/h2-5,13-15H,6-12H2,1H3. The Kier molecular flexibility index (Phi) is 6.30. The lowest BCUT2D eigenvalue weighted by atomic mass is 10.1. The molecule has 140 valence electrons. The van der Waals surface area contributed by atoms with Gasteiger partial charge in [-0.05, 0) is 13.0 Å². The molecule has 1 unspecified atom stereocenters. The highest BCUT2D eigenvalue weighted by molar-refractivity contribution is 5.80. The van der Waals surface area contributed by atoms with Gasteiger partial charge in [0.05, 0.1) is 13.2 Å². The van der Waals surface area contributed by atoms with Gasteiger partial charge in [-0.25, -0.2) is 14.1 Å². The Labute approximate surface area is 152 Å². The summed E-state index contributed by atoms with van der Waals surface area (Å²) in [6.07, 6.45) is 2.92.